The van der Waals surface area contributed by atoms with Gasteiger partial charge in [0.2, 0.25) is 5.91 Å². The molecule has 0 aliphatic carbocycles. The molecule has 0 radical (unpaired) electrons. The summed E-state index contributed by atoms with van der Waals surface area (Å²) < 4.78 is 22.0. The van der Waals surface area contributed by atoms with Crippen molar-refractivity contribution in [2.45, 2.75) is 19.6 Å². The van der Waals surface area contributed by atoms with Gasteiger partial charge in [-0.1, -0.05) is 24.3 Å². The number of halogens is 1. The number of carbonyl (C=O) groups excluding carboxylic acids is 2. The van der Waals surface area contributed by atoms with E-state index in [4.69, 9.17) is 4.74 Å². The summed E-state index contributed by atoms with van der Waals surface area (Å²) in [6.45, 7) is 2.25. The third-order valence-corrected chi connectivity index (χ3v) is 5.74. The van der Waals surface area contributed by atoms with Gasteiger partial charge in [-0.05, 0) is 29.3 Å². The summed E-state index contributed by atoms with van der Waals surface area (Å²) in [6.07, 6.45) is 1.82. The Morgan fingerprint density at radius 2 is 2.00 bits per heavy atom. The first-order valence-corrected chi connectivity index (χ1v) is 10.9. The number of H-pyrrole nitrogens is 1. The van der Waals surface area contributed by atoms with Crippen LogP contribution >= 0.6 is 0 Å². The van der Waals surface area contributed by atoms with E-state index >= 15 is 0 Å². The van der Waals surface area contributed by atoms with Gasteiger partial charge in [-0.25, -0.2) is 19.2 Å². The molecule has 35 heavy (non-hydrogen) atoms. The molecule has 1 atom stereocenters. The van der Waals surface area contributed by atoms with E-state index in [1.807, 2.05) is 12.1 Å². The van der Waals surface area contributed by atoms with Crippen LogP contribution in [0.1, 0.15) is 12.5 Å². The molecule has 0 saturated carbocycles. The zero-order valence-electron chi connectivity index (χ0n) is 18.7. The Labute approximate surface area is 198 Å². The highest BCUT2D eigenvalue weighted by Crippen LogP contribution is 2.29. The number of aromatic amines is 1. The van der Waals surface area contributed by atoms with E-state index in [0.29, 0.717) is 29.0 Å². The van der Waals surface area contributed by atoms with Gasteiger partial charge in [-0.2, -0.15) is 0 Å². The number of fused-ring (bicyclic) bond motifs is 1. The molecule has 4 aromatic rings. The van der Waals surface area contributed by atoms with E-state index in [2.05, 4.69) is 20.3 Å². The maximum Gasteiger partial charge on any atom is 0.414 e. The molecule has 178 valence electrons. The highest BCUT2D eigenvalue weighted by molar-refractivity contribution is 5.90. The van der Waals surface area contributed by atoms with Crippen LogP contribution in [0.25, 0.3) is 22.3 Å². The monoisotopic (exact) mass is 476 g/mol. The Bertz CT molecular complexity index is 1480. The molecule has 11 heteroatoms. The summed E-state index contributed by atoms with van der Waals surface area (Å²) in [5.74, 6) is -0.691. The first kappa shape index (κ1) is 22.3. The average molecular weight is 476 g/mol. The fraction of sp³-hybridized carbons (Fsp3) is 0.208. The minimum absolute atomic E-state index is 0.200. The number of amides is 2. The van der Waals surface area contributed by atoms with Gasteiger partial charge >= 0.3 is 6.09 Å². The first-order chi connectivity index (χ1) is 16.9. The Kier molecular flexibility index (Phi) is 5.73. The fourth-order valence-electron chi connectivity index (χ4n) is 4.00. The van der Waals surface area contributed by atoms with E-state index in [-0.39, 0.29) is 30.1 Å². The maximum absolute atomic E-state index is 15.0. The van der Waals surface area contributed by atoms with Gasteiger partial charge in [0, 0.05) is 12.5 Å². The normalized spacial score (nSPS) is 15.4. The molecule has 0 unspecified atom stereocenters. The fourth-order valence-corrected chi connectivity index (χ4v) is 4.00. The van der Waals surface area contributed by atoms with Crippen LogP contribution in [-0.2, 0) is 16.1 Å². The molecule has 1 saturated heterocycles. The third-order valence-electron chi connectivity index (χ3n) is 5.74. The molecule has 1 fully saturated rings. The number of anilines is 1. The molecule has 2 amide bonds. The van der Waals surface area contributed by atoms with Crippen LogP contribution in [0, 0.1) is 5.82 Å². The molecule has 3 heterocycles. The summed E-state index contributed by atoms with van der Waals surface area (Å²) in [5, 5.41) is 2.61. The molecule has 2 aromatic carbocycles. The van der Waals surface area contributed by atoms with Crippen LogP contribution in [0.15, 0.2) is 59.9 Å². The lowest BCUT2D eigenvalue weighted by Gasteiger charge is -2.15. The lowest BCUT2D eigenvalue weighted by Crippen LogP contribution is -2.33. The van der Waals surface area contributed by atoms with Crippen molar-refractivity contribution in [1.29, 1.82) is 0 Å². The van der Waals surface area contributed by atoms with Crippen LogP contribution in [0.3, 0.4) is 0 Å². The number of rotatable bonds is 6. The van der Waals surface area contributed by atoms with Gasteiger partial charge in [-0.15, -0.1) is 0 Å². The third kappa shape index (κ3) is 4.47. The smallest absolute Gasteiger partial charge is 0.414 e. The number of hydrogen-bond donors (Lipinski definition) is 2. The number of cyclic esters (lactones) is 1. The number of ether oxygens (including phenoxy) is 1. The standard InChI is InChI=1S/C24H21FN6O4/c1-14(32)26-9-18-11-31(24(34)35-18)17-6-7-19(20(25)8-17)16-4-2-15(3-5-16)10-30-13-29-21-22(30)27-12-28-23(21)33/h2-8,12-13,18H,9-11H2,1H3,(H,26,32)(H,27,28,33)/t18-/m0/s1. The lowest BCUT2D eigenvalue weighted by molar-refractivity contribution is -0.119. The molecular formula is C24H21FN6O4. The molecule has 10 nitrogen and oxygen atoms in total. The van der Waals surface area contributed by atoms with Gasteiger partial charge < -0.3 is 19.6 Å². The van der Waals surface area contributed by atoms with E-state index in [1.54, 1.807) is 35.2 Å². The predicted octanol–water partition coefficient (Wildman–Crippen LogP) is 2.44. The van der Waals surface area contributed by atoms with Crippen LogP contribution < -0.4 is 15.8 Å². The van der Waals surface area contributed by atoms with Gasteiger partial charge in [0.15, 0.2) is 11.2 Å². The Morgan fingerprint density at radius 1 is 1.20 bits per heavy atom. The molecule has 1 aliphatic rings. The lowest BCUT2D eigenvalue weighted by atomic mass is 10.0. The summed E-state index contributed by atoms with van der Waals surface area (Å²) in [5.41, 5.74) is 2.84. The number of nitrogens with one attached hydrogen (secondary N) is 2. The SMILES string of the molecule is CC(=O)NC[C@H]1CN(c2ccc(-c3ccc(Cn4cnc5c(=O)[nH]cnc54)cc3)c(F)c2)C(=O)O1. The van der Waals surface area contributed by atoms with Crippen molar-refractivity contribution >= 4 is 28.9 Å². The van der Waals surface area contributed by atoms with Gasteiger partial charge in [-0.3, -0.25) is 14.5 Å². The highest BCUT2D eigenvalue weighted by Gasteiger charge is 2.32. The van der Waals surface area contributed by atoms with Crippen LogP contribution in [0.5, 0.6) is 0 Å². The summed E-state index contributed by atoms with van der Waals surface area (Å²) in [6, 6.07) is 11.9. The number of imidazole rings is 1. The van der Waals surface area contributed by atoms with E-state index < -0.39 is 18.0 Å². The van der Waals surface area contributed by atoms with E-state index in [1.165, 1.54) is 24.2 Å². The second-order valence-electron chi connectivity index (χ2n) is 8.19. The van der Waals surface area contributed by atoms with Crippen LogP contribution in [0.4, 0.5) is 14.9 Å². The second kappa shape index (κ2) is 9.01. The number of nitrogens with zero attached hydrogens (tertiary/aromatic N) is 4. The Morgan fingerprint density at radius 3 is 2.74 bits per heavy atom. The Balaban J connectivity index is 1.31. The molecule has 0 spiro atoms. The van der Waals surface area contributed by atoms with Crippen molar-refractivity contribution in [3.8, 4) is 11.1 Å². The minimum atomic E-state index is -0.583. The van der Waals surface area contributed by atoms with E-state index in [0.717, 1.165) is 5.56 Å². The van der Waals surface area contributed by atoms with Crippen molar-refractivity contribution in [3.05, 3.63) is 76.9 Å². The molecular weight excluding hydrogens is 455 g/mol. The predicted molar refractivity (Wildman–Crippen MR) is 125 cm³/mol. The van der Waals surface area contributed by atoms with Crippen molar-refractivity contribution in [2.24, 2.45) is 0 Å². The number of hydrogen-bond acceptors (Lipinski definition) is 6. The van der Waals surface area contributed by atoms with E-state index in [9.17, 15) is 18.8 Å². The van der Waals surface area contributed by atoms with Crippen LogP contribution in [-0.4, -0.2) is 50.7 Å². The van der Waals surface area contributed by atoms with Crippen molar-refractivity contribution in [3.63, 3.8) is 0 Å². The molecule has 5 rings (SSSR count). The number of benzene rings is 2. The summed E-state index contributed by atoms with van der Waals surface area (Å²) >= 11 is 0. The molecule has 1 aliphatic heterocycles. The van der Waals surface area contributed by atoms with Crippen molar-refractivity contribution in [1.82, 2.24) is 24.8 Å². The number of aromatic nitrogens is 4. The Hall–Kier alpha value is -4.54. The minimum Gasteiger partial charge on any atom is -0.442 e. The maximum atomic E-state index is 15.0. The molecule has 2 aromatic heterocycles. The average Bonchev–Trinajstić information content (AvgIpc) is 3.42. The molecule has 2 N–H and O–H groups in total. The van der Waals surface area contributed by atoms with Crippen LogP contribution in [0.2, 0.25) is 0 Å². The molecule has 0 bridgehead atoms. The summed E-state index contributed by atoms with van der Waals surface area (Å²) in [4.78, 5) is 47.2. The zero-order valence-corrected chi connectivity index (χ0v) is 18.7. The summed E-state index contributed by atoms with van der Waals surface area (Å²) in [7, 11) is 0. The van der Waals surface area contributed by atoms with Crippen molar-refractivity contribution in [2.75, 3.05) is 18.0 Å². The van der Waals surface area contributed by atoms with Gasteiger partial charge in [0.05, 0.1) is 38.0 Å². The second-order valence-corrected chi connectivity index (χ2v) is 8.19. The number of carbonyl (C=O) groups is 2. The zero-order chi connectivity index (χ0) is 24.5. The largest absolute Gasteiger partial charge is 0.442 e. The van der Waals surface area contributed by atoms with Gasteiger partial charge in [0.1, 0.15) is 11.9 Å². The van der Waals surface area contributed by atoms with Gasteiger partial charge in [0.25, 0.3) is 5.56 Å². The quantitative estimate of drug-likeness (QED) is 0.441. The van der Waals surface area contributed by atoms with Crippen molar-refractivity contribution < 1.29 is 18.7 Å². The topological polar surface area (TPSA) is 122 Å². The highest BCUT2D eigenvalue weighted by atomic mass is 19.1. The first-order valence-electron chi connectivity index (χ1n) is 10.9.